The molecule has 1 amide bonds. The lowest BCUT2D eigenvalue weighted by Crippen LogP contribution is -2.10. The van der Waals surface area contributed by atoms with Crippen LogP contribution in [0.25, 0.3) is 10.8 Å². The SMILES string of the molecule is NC(=O)c1ccc(Sc2ccc3ccccc3c2)nc1. The van der Waals surface area contributed by atoms with Crippen LogP contribution in [0.3, 0.4) is 0 Å². The fraction of sp³-hybridized carbons (Fsp3) is 0. The average Bonchev–Trinajstić information content (AvgIpc) is 2.48. The normalized spacial score (nSPS) is 10.6. The average molecular weight is 280 g/mol. The van der Waals surface area contributed by atoms with E-state index in [4.69, 9.17) is 5.73 Å². The quantitative estimate of drug-likeness (QED) is 0.799. The van der Waals surface area contributed by atoms with E-state index < -0.39 is 5.91 Å². The zero-order valence-electron chi connectivity index (χ0n) is 10.6. The second-order valence-electron chi connectivity index (χ2n) is 4.36. The Hall–Kier alpha value is -2.33. The minimum atomic E-state index is -0.459. The Morgan fingerprint density at radius 1 is 1.00 bits per heavy atom. The Morgan fingerprint density at radius 2 is 1.80 bits per heavy atom. The van der Waals surface area contributed by atoms with Crippen molar-refractivity contribution in [3.05, 3.63) is 66.4 Å². The van der Waals surface area contributed by atoms with Crippen LogP contribution < -0.4 is 5.73 Å². The summed E-state index contributed by atoms with van der Waals surface area (Å²) in [7, 11) is 0. The van der Waals surface area contributed by atoms with Crippen molar-refractivity contribution in [3.8, 4) is 0 Å². The van der Waals surface area contributed by atoms with Crippen LogP contribution in [0.1, 0.15) is 10.4 Å². The van der Waals surface area contributed by atoms with E-state index in [-0.39, 0.29) is 0 Å². The van der Waals surface area contributed by atoms with Gasteiger partial charge in [0.1, 0.15) is 5.03 Å². The first kappa shape index (κ1) is 12.7. The standard InChI is InChI=1S/C16H12N2OS/c17-16(19)13-6-8-15(18-10-13)20-14-7-5-11-3-1-2-4-12(11)9-14/h1-10H,(H2,17,19). The molecule has 0 radical (unpaired) electrons. The fourth-order valence-corrected chi connectivity index (χ4v) is 2.74. The summed E-state index contributed by atoms with van der Waals surface area (Å²) < 4.78 is 0. The number of hydrogen-bond acceptors (Lipinski definition) is 3. The number of carbonyl (C=O) groups is 1. The third kappa shape index (κ3) is 2.65. The van der Waals surface area contributed by atoms with Gasteiger partial charge in [0.05, 0.1) is 5.56 Å². The van der Waals surface area contributed by atoms with Gasteiger partial charge in [0.15, 0.2) is 0 Å². The molecule has 2 aromatic carbocycles. The van der Waals surface area contributed by atoms with Crippen LogP contribution in [0.15, 0.2) is 70.7 Å². The molecule has 1 aromatic heterocycles. The summed E-state index contributed by atoms with van der Waals surface area (Å²) in [5.74, 6) is -0.459. The van der Waals surface area contributed by atoms with E-state index in [1.807, 2.05) is 12.1 Å². The van der Waals surface area contributed by atoms with Crippen LogP contribution in [-0.4, -0.2) is 10.9 Å². The lowest BCUT2D eigenvalue weighted by molar-refractivity contribution is 0.1000. The Balaban J connectivity index is 1.87. The first-order chi connectivity index (χ1) is 9.72. The molecular formula is C16H12N2OS. The van der Waals surface area contributed by atoms with Gasteiger partial charge in [-0.15, -0.1) is 0 Å². The van der Waals surface area contributed by atoms with Gasteiger partial charge in [-0.3, -0.25) is 4.79 Å². The molecule has 4 heteroatoms. The molecule has 98 valence electrons. The highest BCUT2D eigenvalue weighted by Gasteiger charge is 2.03. The minimum absolute atomic E-state index is 0.424. The summed E-state index contributed by atoms with van der Waals surface area (Å²) in [6.45, 7) is 0. The number of pyridine rings is 1. The van der Waals surface area contributed by atoms with Crippen LogP contribution in [0, 0.1) is 0 Å². The molecule has 0 unspecified atom stereocenters. The Labute approximate surface area is 120 Å². The number of rotatable bonds is 3. The van der Waals surface area contributed by atoms with Gasteiger partial charge < -0.3 is 5.73 Å². The van der Waals surface area contributed by atoms with E-state index in [2.05, 4.69) is 35.3 Å². The molecule has 3 aromatic rings. The molecule has 20 heavy (non-hydrogen) atoms. The summed E-state index contributed by atoms with van der Waals surface area (Å²) in [5, 5.41) is 3.26. The van der Waals surface area contributed by atoms with Crippen molar-refractivity contribution in [3.63, 3.8) is 0 Å². The van der Waals surface area contributed by atoms with E-state index in [0.29, 0.717) is 5.56 Å². The van der Waals surface area contributed by atoms with Crippen LogP contribution >= 0.6 is 11.8 Å². The number of benzene rings is 2. The smallest absolute Gasteiger partial charge is 0.250 e. The van der Waals surface area contributed by atoms with Crippen molar-refractivity contribution >= 4 is 28.4 Å². The molecule has 3 nitrogen and oxygen atoms in total. The summed E-state index contributed by atoms with van der Waals surface area (Å²) in [5.41, 5.74) is 5.62. The second kappa shape index (κ2) is 5.35. The summed E-state index contributed by atoms with van der Waals surface area (Å²) in [6.07, 6.45) is 1.51. The first-order valence-electron chi connectivity index (χ1n) is 6.15. The summed E-state index contributed by atoms with van der Waals surface area (Å²) in [4.78, 5) is 16.3. The predicted octanol–water partition coefficient (Wildman–Crippen LogP) is 3.48. The molecule has 0 aliphatic rings. The molecular weight excluding hydrogens is 268 g/mol. The molecule has 0 spiro atoms. The van der Waals surface area contributed by atoms with Crippen molar-refractivity contribution in [1.29, 1.82) is 0 Å². The van der Waals surface area contributed by atoms with Crippen LogP contribution in [0.2, 0.25) is 0 Å². The number of primary amides is 1. The Kier molecular flexibility index (Phi) is 3.39. The van der Waals surface area contributed by atoms with Crippen LogP contribution in [0.4, 0.5) is 0 Å². The molecule has 0 aliphatic heterocycles. The Bertz CT molecular complexity index is 769. The zero-order valence-corrected chi connectivity index (χ0v) is 11.4. The summed E-state index contributed by atoms with van der Waals surface area (Å²) >= 11 is 1.56. The lowest BCUT2D eigenvalue weighted by Gasteiger charge is -2.03. The monoisotopic (exact) mass is 280 g/mol. The molecule has 0 saturated heterocycles. The molecule has 0 saturated carbocycles. The van der Waals surface area contributed by atoms with Crippen molar-refractivity contribution in [1.82, 2.24) is 4.98 Å². The van der Waals surface area contributed by atoms with Gasteiger partial charge in [0.25, 0.3) is 0 Å². The van der Waals surface area contributed by atoms with Crippen molar-refractivity contribution in [2.24, 2.45) is 5.73 Å². The number of amides is 1. The van der Waals surface area contributed by atoms with E-state index >= 15 is 0 Å². The molecule has 2 N–H and O–H groups in total. The summed E-state index contributed by atoms with van der Waals surface area (Å²) in [6, 6.07) is 18.0. The number of aromatic nitrogens is 1. The highest BCUT2D eigenvalue weighted by molar-refractivity contribution is 7.99. The van der Waals surface area contributed by atoms with E-state index in [1.54, 1.807) is 23.9 Å². The number of carbonyl (C=O) groups excluding carboxylic acids is 1. The molecule has 0 fully saturated rings. The van der Waals surface area contributed by atoms with Crippen molar-refractivity contribution < 1.29 is 4.79 Å². The van der Waals surface area contributed by atoms with Crippen molar-refractivity contribution in [2.45, 2.75) is 9.92 Å². The number of nitrogens with two attached hydrogens (primary N) is 1. The minimum Gasteiger partial charge on any atom is -0.366 e. The van der Waals surface area contributed by atoms with E-state index in [1.165, 1.54) is 17.0 Å². The lowest BCUT2D eigenvalue weighted by atomic mass is 10.1. The third-order valence-electron chi connectivity index (χ3n) is 2.96. The van der Waals surface area contributed by atoms with Gasteiger partial charge in [0.2, 0.25) is 5.91 Å². The third-order valence-corrected chi connectivity index (χ3v) is 3.90. The zero-order chi connectivity index (χ0) is 13.9. The molecule has 0 bridgehead atoms. The molecule has 0 atom stereocenters. The maximum Gasteiger partial charge on any atom is 0.250 e. The molecule has 0 aliphatic carbocycles. The first-order valence-corrected chi connectivity index (χ1v) is 6.96. The maximum atomic E-state index is 11.0. The predicted molar refractivity (Wildman–Crippen MR) is 80.8 cm³/mol. The Morgan fingerprint density at radius 3 is 2.50 bits per heavy atom. The van der Waals surface area contributed by atoms with Crippen molar-refractivity contribution in [2.75, 3.05) is 0 Å². The van der Waals surface area contributed by atoms with Crippen LogP contribution in [-0.2, 0) is 0 Å². The van der Waals surface area contributed by atoms with Gasteiger partial charge in [-0.05, 0) is 35.0 Å². The van der Waals surface area contributed by atoms with Gasteiger partial charge >= 0.3 is 0 Å². The topological polar surface area (TPSA) is 56.0 Å². The van der Waals surface area contributed by atoms with Crippen LogP contribution in [0.5, 0.6) is 0 Å². The number of fused-ring (bicyclic) bond motifs is 1. The van der Waals surface area contributed by atoms with Gasteiger partial charge in [-0.25, -0.2) is 4.98 Å². The largest absolute Gasteiger partial charge is 0.366 e. The maximum absolute atomic E-state index is 11.0. The van der Waals surface area contributed by atoms with E-state index in [0.717, 1.165) is 9.92 Å². The highest BCUT2D eigenvalue weighted by atomic mass is 32.2. The number of nitrogens with zero attached hydrogens (tertiary/aromatic N) is 1. The number of hydrogen-bond donors (Lipinski definition) is 1. The van der Waals surface area contributed by atoms with Gasteiger partial charge in [0, 0.05) is 11.1 Å². The fourth-order valence-electron chi connectivity index (χ4n) is 1.94. The highest BCUT2D eigenvalue weighted by Crippen LogP contribution is 2.28. The second-order valence-corrected chi connectivity index (χ2v) is 5.45. The molecule has 1 heterocycles. The van der Waals surface area contributed by atoms with Gasteiger partial charge in [-0.2, -0.15) is 0 Å². The van der Waals surface area contributed by atoms with E-state index in [9.17, 15) is 4.79 Å². The molecule has 3 rings (SSSR count). The van der Waals surface area contributed by atoms with Gasteiger partial charge in [-0.1, -0.05) is 42.1 Å².